The van der Waals surface area contributed by atoms with Gasteiger partial charge in [-0.1, -0.05) is 81.8 Å². The maximum atomic E-state index is 5.46. The van der Waals surface area contributed by atoms with Gasteiger partial charge in [-0.3, -0.25) is 0 Å². The second-order valence-electron chi connectivity index (χ2n) is 5.31. The van der Waals surface area contributed by atoms with Crippen molar-refractivity contribution in [2.75, 3.05) is 19.8 Å². The van der Waals surface area contributed by atoms with E-state index in [0.717, 1.165) is 19.8 Å². The Bertz CT molecular complexity index is 256. The first-order chi connectivity index (χ1) is 9.93. The number of rotatable bonds is 10. The Hall–Kier alpha value is -0.860. The first-order valence-corrected chi connectivity index (χ1v) is 8.13. The molecule has 0 aromatic heterocycles. The molecule has 1 unspecified atom stereocenters. The predicted molar refractivity (Wildman–Crippen MR) is 85.0 cm³/mol. The molecule has 0 saturated carbocycles. The standard InChI is InChI=1S/C12H24O2.C6H6/c1-2-3-4-5-6-7-8-9-13-10-12-11-14-12;1-2-4-6-5-3-1/h12H,2-11H2,1H3;1-6H. The molecule has 1 fully saturated rings. The summed E-state index contributed by atoms with van der Waals surface area (Å²) in [6, 6.07) is 12.0. The second kappa shape index (κ2) is 13.1. The van der Waals surface area contributed by atoms with E-state index in [9.17, 15) is 0 Å². The van der Waals surface area contributed by atoms with Crippen LogP contribution in [0.3, 0.4) is 0 Å². The molecule has 114 valence electrons. The molecule has 0 amide bonds. The largest absolute Gasteiger partial charge is 0.379 e. The number of epoxide rings is 1. The van der Waals surface area contributed by atoms with E-state index >= 15 is 0 Å². The van der Waals surface area contributed by atoms with Crippen LogP contribution < -0.4 is 0 Å². The highest BCUT2D eigenvalue weighted by molar-refractivity contribution is 4.99. The van der Waals surface area contributed by atoms with E-state index in [4.69, 9.17) is 9.47 Å². The Balaban J connectivity index is 0.000000276. The lowest BCUT2D eigenvalue weighted by atomic mass is 10.1. The van der Waals surface area contributed by atoms with Crippen molar-refractivity contribution in [3.63, 3.8) is 0 Å². The van der Waals surface area contributed by atoms with Gasteiger partial charge in [-0.15, -0.1) is 0 Å². The first kappa shape index (κ1) is 17.2. The van der Waals surface area contributed by atoms with E-state index in [1.807, 2.05) is 36.4 Å². The zero-order chi connectivity index (χ0) is 14.3. The minimum absolute atomic E-state index is 0.430. The third kappa shape index (κ3) is 12.2. The van der Waals surface area contributed by atoms with Gasteiger partial charge in [0.05, 0.1) is 13.2 Å². The van der Waals surface area contributed by atoms with Gasteiger partial charge in [-0.05, 0) is 6.42 Å². The lowest BCUT2D eigenvalue weighted by molar-refractivity contribution is 0.113. The van der Waals surface area contributed by atoms with E-state index in [1.54, 1.807) is 0 Å². The van der Waals surface area contributed by atoms with E-state index in [0.29, 0.717) is 6.10 Å². The van der Waals surface area contributed by atoms with Crippen LogP contribution in [0.1, 0.15) is 51.9 Å². The summed E-state index contributed by atoms with van der Waals surface area (Å²) in [5.41, 5.74) is 0. The maximum Gasteiger partial charge on any atom is 0.104 e. The molecule has 0 aliphatic carbocycles. The van der Waals surface area contributed by atoms with Crippen LogP contribution in [0, 0.1) is 0 Å². The number of ether oxygens (including phenoxy) is 2. The average molecular weight is 278 g/mol. The number of unbranched alkanes of at least 4 members (excludes halogenated alkanes) is 6. The molecule has 0 spiro atoms. The number of benzene rings is 1. The Morgan fingerprint density at radius 3 is 1.85 bits per heavy atom. The van der Waals surface area contributed by atoms with E-state index in [-0.39, 0.29) is 0 Å². The molecule has 2 rings (SSSR count). The van der Waals surface area contributed by atoms with Gasteiger partial charge in [0.15, 0.2) is 0 Å². The van der Waals surface area contributed by atoms with Crippen LogP contribution >= 0.6 is 0 Å². The van der Waals surface area contributed by atoms with Gasteiger partial charge in [0, 0.05) is 6.61 Å². The van der Waals surface area contributed by atoms with Gasteiger partial charge in [-0.2, -0.15) is 0 Å². The normalized spacial score (nSPS) is 16.4. The van der Waals surface area contributed by atoms with Crippen LogP contribution in [-0.4, -0.2) is 25.9 Å². The van der Waals surface area contributed by atoms with Crippen molar-refractivity contribution in [3.8, 4) is 0 Å². The van der Waals surface area contributed by atoms with Crippen LogP contribution in [0.25, 0.3) is 0 Å². The predicted octanol–water partition coefficient (Wildman–Crippen LogP) is 4.84. The minimum Gasteiger partial charge on any atom is -0.379 e. The van der Waals surface area contributed by atoms with Crippen molar-refractivity contribution in [1.82, 2.24) is 0 Å². The van der Waals surface area contributed by atoms with E-state index in [2.05, 4.69) is 6.92 Å². The summed E-state index contributed by atoms with van der Waals surface area (Å²) in [5.74, 6) is 0. The highest BCUT2D eigenvalue weighted by Gasteiger charge is 2.21. The van der Waals surface area contributed by atoms with Crippen molar-refractivity contribution in [1.29, 1.82) is 0 Å². The van der Waals surface area contributed by atoms with Gasteiger partial charge >= 0.3 is 0 Å². The summed E-state index contributed by atoms with van der Waals surface area (Å²) in [4.78, 5) is 0. The molecule has 1 aliphatic heterocycles. The van der Waals surface area contributed by atoms with Crippen LogP contribution in [-0.2, 0) is 9.47 Å². The summed E-state index contributed by atoms with van der Waals surface area (Å²) in [6.07, 6.45) is 9.91. The van der Waals surface area contributed by atoms with Crippen LogP contribution in [0.2, 0.25) is 0 Å². The summed E-state index contributed by atoms with van der Waals surface area (Å²) in [7, 11) is 0. The molecule has 1 saturated heterocycles. The smallest absolute Gasteiger partial charge is 0.104 e. The molecule has 1 heterocycles. The topological polar surface area (TPSA) is 21.8 Å². The zero-order valence-corrected chi connectivity index (χ0v) is 12.9. The summed E-state index contributed by atoms with van der Waals surface area (Å²) in [5, 5.41) is 0. The highest BCUT2D eigenvalue weighted by atomic mass is 16.6. The lowest BCUT2D eigenvalue weighted by Gasteiger charge is -2.02. The van der Waals surface area contributed by atoms with Crippen LogP contribution in [0.4, 0.5) is 0 Å². The summed E-state index contributed by atoms with van der Waals surface area (Å²) >= 11 is 0. The monoisotopic (exact) mass is 278 g/mol. The third-order valence-corrected chi connectivity index (χ3v) is 3.27. The van der Waals surface area contributed by atoms with Gasteiger partial charge in [0.1, 0.15) is 6.10 Å². The summed E-state index contributed by atoms with van der Waals surface area (Å²) in [6.45, 7) is 4.91. The SMILES string of the molecule is CCCCCCCCCOCC1CO1.c1ccccc1. The molecule has 1 aromatic carbocycles. The summed E-state index contributed by atoms with van der Waals surface area (Å²) < 4.78 is 10.5. The second-order valence-corrected chi connectivity index (χ2v) is 5.31. The zero-order valence-electron chi connectivity index (χ0n) is 12.9. The highest BCUT2D eigenvalue weighted by Crippen LogP contribution is 2.10. The lowest BCUT2D eigenvalue weighted by Crippen LogP contribution is -2.02. The molecule has 1 aromatic rings. The van der Waals surface area contributed by atoms with Gasteiger partial charge in [-0.25, -0.2) is 0 Å². The fourth-order valence-electron chi connectivity index (χ4n) is 1.93. The van der Waals surface area contributed by atoms with Crippen molar-refractivity contribution in [2.24, 2.45) is 0 Å². The molecule has 20 heavy (non-hydrogen) atoms. The molecule has 1 aliphatic rings. The Labute approximate surface area is 124 Å². The molecule has 2 nitrogen and oxygen atoms in total. The molecule has 0 N–H and O–H groups in total. The third-order valence-electron chi connectivity index (χ3n) is 3.27. The van der Waals surface area contributed by atoms with Crippen molar-refractivity contribution < 1.29 is 9.47 Å². The minimum atomic E-state index is 0.430. The van der Waals surface area contributed by atoms with Crippen molar-refractivity contribution in [3.05, 3.63) is 36.4 Å². The molecular weight excluding hydrogens is 248 g/mol. The molecule has 0 bridgehead atoms. The van der Waals surface area contributed by atoms with Gasteiger partial charge in [0.25, 0.3) is 0 Å². The fraction of sp³-hybridized carbons (Fsp3) is 0.667. The Morgan fingerprint density at radius 1 is 0.850 bits per heavy atom. The average Bonchev–Trinajstić information content (AvgIpc) is 3.32. The van der Waals surface area contributed by atoms with Crippen LogP contribution in [0.15, 0.2) is 36.4 Å². The van der Waals surface area contributed by atoms with E-state index in [1.165, 1.54) is 44.9 Å². The van der Waals surface area contributed by atoms with E-state index < -0.39 is 0 Å². The fourth-order valence-corrected chi connectivity index (χ4v) is 1.93. The number of hydrogen-bond donors (Lipinski definition) is 0. The van der Waals surface area contributed by atoms with Crippen LogP contribution in [0.5, 0.6) is 0 Å². The van der Waals surface area contributed by atoms with Crippen molar-refractivity contribution in [2.45, 2.75) is 58.0 Å². The van der Waals surface area contributed by atoms with Crippen molar-refractivity contribution >= 4 is 0 Å². The Morgan fingerprint density at radius 2 is 1.35 bits per heavy atom. The molecule has 0 radical (unpaired) electrons. The quantitative estimate of drug-likeness (QED) is 0.451. The molecule has 1 atom stereocenters. The van der Waals surface area contributed by atoms with Gasteiger partial charge < -0.3 is 9.47 Å². The molecular formula is C18H30O2. The van der Waals surface area contributed by atoms with Gasteiger partial charge in [0.2, 0.25) is 0 Å². The molecule has 2 heteroatoms. The number of hydrogen-bond acceptors (Lipinski definition) is 2. The first-order valence-electron chi connectivity index (χ1n) is 8.13. The Kier molecular flexibility index (Phi) is 11.3. The maximum absolute atomic E-state index is 5.46.